The van der Waals surface area contributed by atoms with E-state index in [-0.39, 0.29) is 24.0 Å². The molecule has 1 fully saturated rings. The Balaban J connectivity index is 2.03. The fraction of sp³-hybridized carbons (Fsp3) is 0.483. The largest absolute Gasteiger partial charge is 0.508 e. The monoisotopic (exact) mass is 525 g/mol. The summed E-state index contributed by atoms with van der Waals surface area (Å²) in [6, 6.07) is 10.4. The number of alkyl carbamates (subject to hydrolysis) is 1. The molecule has 1 aliphatic carbocycles. The maximum atomic E-state index is 14.2. The van der Waals surface area contributed by atoms with Gasteiger partial charge in [0.05, 0.1) is 0 Å². The van der Waals surface area contributed by atoms with Gasteiger partial charge in [0.1, 0.15) is 29.2 Å². The number of carbonyl (C=O) groups excluding carboxylic acids is 3. The number of hydrogen-bond donors (Lipinski definition) is 4. The number of carbonyl (C=O) groups is 3. The van der Waals surface area contributed by atoms with Crippen molar-refractivity contribution in [2.24, 2.45) is 0 Å². The molecular weight excluding hydrogens is 486 g/mol. The molecule has 2 aromatic rings. The molecule has 206 valence electrons. The van der Waals surface area contributed by atoms with Gasteiger partial charge >= 0.3 is 6.09 Å². The minimum atomic E-state index is -1.11. The van der Waals surface area contributed by atoms with Gasteiger partial charge in [-0.15, -0.1) is 0 Å². The van der Waals surface area contributed by atoms with Gasteiger partial charge in [0.15, 0.2) is 0 Å². The lowest BCUT2D eigenvalue weighted by Gasteiger charge is -2.36. The van der Waals surface area contributed by atoms with Crippen LogP contribution in [-0.4, -0.2) is 56.2 Å². The molecule has 1 aliphatic rings. The predicted octanol–water partition coefficient (Wildman–Crippen LogP) is 4.18. The molecule has 0 saturated heterocycles. The number of ether oxygens (including phenoxy) is 1. The number of phenols is 2. The molecule has 0 radical (unpaired) electrons. The number of rotatable bonds is 8. The van der Waals surface area contributed by atoms with Gasteiger partial charge in [-0.25, -0.2) is 4.79 Å². The van der Waals surface area contributed by atoms with Crippen molar-refractivity contribution in [3.63, 3.8) is 0 Å². The van der Waals surface area contributed by atoms with Crippen LogP contribution in [0.3, 0.4) is 0 Å². The van der Waals surface area contributed by atoms with Crippen molar-refractivity contribution in [3.8, 4) is 11.5 Å². The van der Waals surface area contributed by atoms with Crippen molar-refractivity contribution in [2.45, 2.75) is 90.1 Å². The molecule has 0 heterocycles. The molecular formula is C29H39N3O6. The molecule has 2 unspecified atom stereocenters. The van der Waals surface area contributed by atoms with Gasteiger partial charge in [-0.3, -0.25) is 9.59 Å². The minimum Gasteiger partial charge on any atom is -0.508 e. The van der Waals surface area contributed by atoms with Crippen molar-refractivity contribution in [2.75, 3.05) is 0 Å². The zero-order valence-electron chi connectivity index (χ0n) is 22.9. The summed E-state index contributed by atoms with van der Waals surface area (Å²) in [7, 11) is 0. The Labute approximate surface area is 224 Å². The molecule has 38 heavy (non-hydrogen) atoms. The Morgan fingerprint density at radius 1 is 0.974 bits per heavy atom. The molecule has 0 aromatic heterocycles. The smallest absolute Gasteiger partial charge is 0.408 e. The molecule has 3 rings (SSSR count). The highest BCUT2D eigenvalue weighted by atomic mass is 16.6. The molecule has 0 aliphatic heterocycles. The Morgan fingerprint density at radius 3 is 2.11 bits per heavy atom. The number of aromatic hydroxyl groups is 2. The van der Waals surface area contributed by atoms with E-state index in [0.29, 0.717) is 24.0 Å². The average molecular weight is 526 g/mol. The van der Waals surface area contributed by atoms with Crippen molar-refractivity contribution >= 4 is 17.9 Å². The number of nitrogens with zero attached hydrogens (tertiary/aromatic N) is 1. The van der Waals surface area contributed by atoms with Crippen LogP contribution in [0.2, 0.25) is 0 Å². The van der Waals surface area contributed by atoms with Crippen LogP contribution in [0.1, 0.15) is 71.6 Å². The van der Waals surface area contributed by atoms with E-state index in [1.807, 2.05) is 20.8 Å². The molecule has 4 N–H and O–H groups in total. The fourth-order valence-corrected chi connectivity index (χ4v) is 4.14. The van der Waals surface area contributed by atoms with E-state index in [1.165, 1.54) is 23.1 Å². The lowest BCUT2D eigenvalue weighted by atomic mass is 9.98. The maximum Gasteiger partial charge on any atom is 0.408 e. The first-order chi connectivity index (χ1) is 17.6. The van der Waals surface area contributed by atoms with Crippen LogP contribution in [0.15, 0.2) is 48.5 Å². The van der Waals surface area contributed by atoms with E-state index < -0.39 is 41.1 Å². The first kappa shape index (κ1) is 28.8. The summed E-state index contributed by atoms with van der Waals surface area (Å²) in [6.07, 6.45) is 0.730. The highest BCUT2D eigenvalue weighted by Crippen LogP contribution is 2.38. The highest BCUT2D eigenvalue weighted by Gasteiger charge is 2.45. The third-order valence-electron chi connectivity index (χ3n) is 5.82. The number of para-hydroxylation sites is 1. The highest BCUT2D eigenvalue weighted by molar-refractivity contribution is 5.93. The molecule has 0 spiro atoms. The quantitative estimate of drug-likeness (QED) is 0.409. The third-order valence-corrected chi connectivity index (χ3v) is 5.82. The molecule has 1 saturated carbocycles. The molecule has 9 nitrogen and oxygen atoms in total. The SMILES string of the molecule is CC(C)(C)NC(=O)C(c1ccccc1O)N(C(=O)C(Cc1ccc(O)cc1)NC(=O)OC(C)(C)C)C1CC1. The zero-order valence-corrected chi connectivity index (χ0v) is 22.9. The maximum absolute atomic E-state index is 14.2. The Hall–Kier alpha value is -3.75. The van der Waals surface area contributed by atoms with Gasteiger partial charge in [-0.05, 0) is 78.1 Å². The van der Waals surface area contributed by atoms with Gasteiger partial charge in [0.2, 0.25) is 11.8 Å². The normalized spacial score (nSPS) is 15.2. The summed E-state index contributed by atoms with van der Waals surface area (Å²) in [6.45, 7) is 10.7. The summed E-state index contributed by atoms with van der Waals surface area (Å²) < 4.78 is 5.43. The average Bonchev–Trinajstić information content (AvgIpc) is 3.61. The van der Waals surface area contributed by atoms with E-state index in [0.717, 1.165) is 0 Å². The lowest BCUT2D eigenvalue weighted by Crippen LogP contribution is -2.55. The summed E-state index contributed by atoms with van der Waals surface area (Å²) >= 11 is 0. The lowest BCUT2D eigenvalue weighted by molar-refractivity contribution is -0.143. The van der Waals surface area contributed by atoms with E-state index in [1.54, 1.807) is 51.1 Å². The zero-order chi connectivity index (χ0) is 28.3. The minimum absolute atomic E-state index is 0.0785. The Bertz CT molecular complexity index is 1150. The van der Waals surface area contributed by atoms with Crippen molar-refractivity contribution < 1.29 is 29.3 Å². The Kier molecular flexibility index (Phi) is 8.59. The topological polar surface area (TPSA) is 128 Å². The van der Waals surface area contributed by atoms with Crippen LogP contribution in [-0.2, 0) is 20.7 Å². The number of amides is 3. The molecule has 2 aromatic carbocycles. The summed E-state index contributed by atoms with van der Waals surface area (Å²) in [5, 5.41) is 26.0. The van der Waals surface area contributed by atoms with Gasteiger partial charge in [-0.1, -0.05) is 30.3 Å². The molecule has 3 amide bonds. The first-order valence-corrected chi connectivity index (χ1v) is 12.8. The van der Waals surface area contributed by atoms with Crippen LogP contribution in [0.4, 0.5) is 4.79 Å². The Morgan fingerprint density at radius 2 is 1.58 bits per heavy atom. The predicted molar refractivity (Wildman–Crippen MR) is 144 cm³/mol. The van der Waals surface area contributed by atoms with E-state index in [2.05, 4.69) is 10.6 Å². The van der Waals surface area contributed by atoms with Gasteiger partial charge in [0.25, 0.3) is 0 Å². The number of benzene rings is 2. The first-order valence-electron chi connectivity index (χ1n) is 12.8. The summed E-state index contributed by atoms with van der Waals surface area (Å²) in [5.74, 6) is -0.923. The van der Waals surface area contributed by atoms with Gasteiger partial charge in [-0.2, -0.15) is 0 Å². The van der Waals surface area contributed by atoms with Crippen molar-refractivity contribution in [3.05, 3.63) is 59.7 Å². The molecule has 0 bridgehead atoms. The molecule has 2 atom stereocenters. The summed E-state index contributed by atoms with van der Waals surface area (Å²) in [5.41, 5.74) is -0.364. The molecule has 9 heteroatoms. The van der Waals surface area contributed by atoms with Crippen molar-refractivity contribution in [1.82, 2.24) is 15.5 Å². The fourth-order valence-electron chi connectivity index (χ4n) is 4.14. The second kappa shape index (κ2) is 11.3. The number of nitrogens with one attached hydrogen (secondary N) is 2. The van der Waals surface area contributed by atoms with Crippen LogP contribution in [0, 0.1) is 0 Å². The van der Waals surface area contributed by atoms with E-state index in [4.69, 9.17) is 4.74 Å². The van der Waals surface area contributed by atoms with Crippen LogP contribution in [0.25, 0.3) is 0 Å². The van der Waals surface area contributed by atoms with E-state index in [9.17, 15) is 24.6 Å². The summed E-state index contributed by atoms with van der Waals surface area (Å²) in [4.78, 5) is 42.2. The van der Waals surface area contributed by atoms with Crippen LogP contribution >= 0.6 is 0 Å². The standard InChI is InChI=1S/C29H39N3O6/c1-28(2,3)31-25(35)24(21-9-7-8-10-23(21)34)32(19-13-14-19)26(36)22(30-27(37)38-29(4,5)6)17-18-11-15-20(33)16-12-18/h7-12,15-16,19,22,24,33-34H,13-14,17H2,1-6H3,(H,30,37)(H,31,35). The number of phenolic OH excluding ortho intramolecular Hbond substituents is 2. The van der Waals surface area contributed by atoms with Crippen LogP contribution in [0.5, 0.6) is 11.5 Å². The van der Waals surface area contributed by atoms with Gasteiger partial charge in [0, 0.05) is 23.6 Å². The van der Waals surface area contributed by atoms with Crippen LogP contribution < -0.4 is 10.6 Å². The second-order valence-electron chi connectivity index (χ2n) is 11.7. The van der Waals surface area contributed by atoms with Crippen molar-refractivity contribution in [1.29, 1.82) is 0 Å². The number of hydrogen-bond acceptors (Lipinski definition) is 6. The van der Waals surface area contributed by atoms with Gasteiger partial charge < -0.3 is 30.5 Å². The second-order valence-corrected chi connectivity index (χ2v) is 11.7. The third kappa shape index (κ3) is 8.13. The van der Waals surface area contributed by atoms with E-state index >= 15 is 0 Å².